The largest absolute Gasteiger partial charge is 0.305 e. The van der Waals surface area contributed by atoms with E-state index in [0.29, 0.717) is 17.0 Å². The van der Waals surface area contributed by atoms with Gasteiger partial charge in [-0.3, -0.25) is 9.59 Å². The van der Waals surface area contributed by atoms with Crippen LogP contribution >= 0.6 is 11.6 Å². The Hall–Kier alpha value is -3.44. The van der Waals surface area contributed by atoms with Gasteiger partial charge >= 0.3 is 0 Å². The minimum Gasteiger partial charge on any atom is -0.305 e. The van der Waals surface area contributed by atoms with Gasteiger partial charge in [-0.25, -0.2) is 4.39 Å². The lowest BCUT2D eigenvalue weighted by Crippen LogP contribution is -2.47. The van der Waals surface area contributed by atoms with Crippen LogP contribution in [0, 0.1) is 5.82 Å². The van der Waals surface area contributed by atoms with E-state index in [9.17, 15) is 14.0 Å². The minimum absolute atomic E-state index is 0.0988. The van der Waals surface area contributed by atoms with Crippen molar-refractivity contribution in [2.75, 3.05) is 9.80 Å². The molecule has 1 aliphatic rings. The van der Waals surface area contributed by atoms with E-state index in [2.05, 4.69) is 6.58 Å². The van der Waals surface area contributed by atoms with Crippen molar-refractivity contribution < 1.29 is 14.0 Å². The molecule has 0 saturated carbocycles. The first-order valence-electron chi connectivity index (χ1n) is 10.7. The quantitative estimate of drug-likeness (QED) is 0.435. The molecule has 4 rings (SSSR count). The minimum atomic E-state index is -0.422. The summed E-state index contributed by atoms with van der Waals surface area (Å²) in [5, 5.41) is 0.592. The Bertz CT molecular complexity index is 1230. The van der Waals surface area contributed by atoms with Crippen LogP contribution in [-0.2, 0) is 4.79 Å². The summed E-state index contributed by atoms with van der Waals surface area (Å²) in [6.45, 7) is 7.12. The summed E-state index contributed by atoms with van der Waals surface area (Å²) in [6, 6.07) is 18.6. The number of benzene rings is 3. The average Bonchev–Trinajstić information content (AvgIpc) is 2.80. The molecule has 1 heterocycles. The van der Waals surface area contributed by atoms with E-state index in [1.165, 1.54) is 31.2 Å². The number of fused-ring (bicyclic) bond motifs is 1. The zero-order valence-electron chi connectivity index (χ0n) is 18.5. The third-order valence-electron chi connectivity index (χ3n) is 6.00. The summed E-state index contributed by atoms with van der Waals surface area (Å²) in [4.78, 5) is 29.8. The van der Waals surface area contributed by atoms with Crippen LogP contribution in [0.25, 0.3) is 6.08 Å². The summed E-state index contributed by atoms with van der Waals surface area (Å²) in [7, 11) is 0. The number of hydrogen-bond donors (Lipinski definition) is 0. The fourth-order valence-electron chi connectivity index (χ4n) is 4.49. The maximum absolute atomic E-state index is 14.0. The summed E-state index contributed by atoms with van der Waals surface area (Å²) in [5.74, 6) is -0.746. The Morgan fingerprint density at radius 1 is 1.12 bits per heavy atom. The van der Waals surface area contributed by atoms with Crippen molar-refractivity contribution in [2.45, 2.75) is 32.4 Å². The van der Waals surface area contributed by atoms with Crippen molar-refractivity contribution >= 4 is 40.9 Å². The fourth-order valence-corrected chi connectivity index (χ4v) is 4.62. The van der Waals surface area contributed by atoms with Crippen molar-refractivity contribution in [3.8, 4) is 0 Å². The van der Waals surface area contributed by atoms with E-state index < -0.39 is 5.82 Å². The molecule has 3 aromatic carbocycles. The highest BCUT2D eigenvalue weighted by molar-refractivity contribution is 6.30. The van der Waals surface area contributed by atoms with Crippen molar-refractivity contribution in [1.29, 1.82) is 0 Å². The number of carbonyl (C=O) groups excluding carboxylic acids is 2. The summed E-state index contributed by atoms with van der Waals surface area (Å²) < 4.78 is 14.0. The second kappa shape index (κ2) is 9.20. The highest BCUT2D eigenvalue weighted by Gasteiger charge is 2.38. The van der Waals surface area contributed by atoms with E-state index in [1.807, 2.05) is 43.3 Å². The lowest BCUT2D eigenvalue weighted by Gasteiger charge is -2.43. The Morgan fingerprint density at radius 3 is 2.48 bits per heavy atom. The van der Waals surface area contributed by atoms with Crippen molar-refractivity contribution in [3.05, 3.63) is 101 Å². The molecule has 0 N–H and O–H groups in total. The predicted octanol–water partition coefficient (Wildman–Crippen LogP) is 6.66. The molecule has 0 bridgehead atoms. The highest BCUT2D eigenvalue weighted by atomic mass is 35.5. The fraction of sp³-hybridized carbons (Fsp3) is 0.185. The molecule has 1 aliphatic heterocycles. The number of carbonyl (C=O) groups is 2. The van der Waals surface area contributed by atoms with Gasteiger partial charge in [0.25, 0.3) is 5.91 Å². The molecule has 0 radical (unpaired) electrons. The molecule has 0 aromatic heterocycles. The molecule has 0 saturated heterocycles. The van der Waals surface area contributed by atoms with Crippen LogP contribution in [0.2, 0.25) is 5.02 Å². The van der Waals surface area contributed by atoms with Crippen LogP contribution in [0.5, 0.6) is 0 Å². The Morgan fingerprint density at radius 2 is 1.82 bits per heavy atom. The topological polar surface area (TPSA) is 40.6 Å². The summed E-state index contributed by atoms with van der Waals surface area (Å²) >= 11 is 6.05. The maximum atomic E-state index is 14.0. The van der Waals surface area contributed by atoms with Crippen LogP contribution in [-0.4, -0.2) is 17.9 Å². The van der Waals surface area contributed by atoms with Crippen molar-refractivity contribution in [1.82, 2.24) is 0 Å². The van der Waals surface area contributed by atoms with E-state index in [-0.39, 0.29) is 29.5 Å². The number of nitrogens with zero attached hydrogens (tertiary/aromatic N) is 2. The molecule has 2 amide bonds. The Balaban J connectivity index is 1.78. The molecule has 4 nitrogen and oxygen atoms in total. The number of anilines is 2. The van der Waals surface area contributed by atoms with Gasteiger partial charge in [0.15, 0.2) is 0 Å². The predicted molar refractivity (Wildman–Crippen MR) is 131 cm³/mol. The van der Waals surface area contributed by atoms with Gasteiger partial charge in [-0.15, -0.1) is 0 Å². The van der Waals surface area contributed by atoms with Gasteiger partial charge in [0.2, 0.25) is 5.91 Å². The first-order valence-corrected chi connectivity index (χ1v) is 11.1. The average molecular weight is 463 g/mol. The lowest BCUT2D eigenvalue weighted by molar-refractivity contribution is -0.117. The molecule has 168 valence electrons. The van der Waals surface area contributed by atoms with Gasteiger partial charge in [-0.05, 0) is 67.4 Å². The molecule has 3 aromatic rings. The number of amides is 2. The van der Waals surface area contributed by atoms with Crippen LogP contribution in [0.4, 0.5) is 15.8 Å². The third-order valence-corrected chi connectivity index (χ3v) is 6.25. The van der Waals surface area contributed by atoms with E-state index >= 15 is 0 Å². The Labute approximate surface area is 197 Å². The molecule has 0 aliphatic carbocycles. The second-order valence-electron chi connectivity index (χ2n) is 8.14. The molecular weight excluding hydrogens is 439 g/mol. The lowest BCUT2D eigenvalue weighted by atomic mass is 9.89. The number of rotatable bonds is 4. The van der Waals surface area contributed by atoms with Crippen molar-refractivity contribution in [3.63, 3.8) is 0 Å². The monoisotopic (exact) mass is 462 g/mol. The van der Waals surface area contributed by atoms with Gasteiger partial charge in [0.1, 0.15) is 5.82 Å². The first-order chi connectivity index (χ1) is 15.8. The number of para-hydroxylation sites is 1. The number of halogens is 2. The molecule has 6 heteroatoms. The molecule has 2 atom stereocenters. The highest BCUT2D eigenvalue weighted by Crippen LogP contribution is 2.42. The van der Waals surface area contributed by atoms with Gasteiger partial charge in [0, 0.05) is 40.5 Å². The first kappa shape index (κ1) is 22.7. The zero-order valence-corrected chi connectivity index (χ0v) is 19.2. The summed E-state index contributed by atoms with van der Waals surface area (Å²) in [5.41, 5.74) is 3.01. The van der Waals surface area contributed by atoms with E-state index in [0.717, 1.165) is 16.9 Å². The van der Waals surface area contributed by atoms with Gasteiger partial charge in [0.05, 0.1) is 6.04 Å². The normalized spacial score (nSPS) is 17.3. The van der Waals surface area contributed by atoms with Crippen LogP contribution < -0.4 is 9.80 Å². The number of hydrogen-bond acceptors (Lipinski definition) is 2. The SMILES string of the molecule is C=Cc1cc(C(=O)N2c3ccccc3[C@H](N(C(C)=O)c3ccc(Cl)cc3)C[C@@H]2C)ccc1F. The Kier molecular flexibility index (Phi) is 6.34. The van der Waals surface area contributed by atoms with Crippen LogP contribution in [0.3, 0.4) is 0 Å². The second-order valence-corrected chi connectivity index (χ2v) is 8.58. The van der Waals surface area contributed by atoms with Gasteiger partial charge in [-0.1, -0.05) is 42.5 Å². The van der Waals surface area contributed by atoms with Gasteiger partial charge < -0.3 is 9.80 Å². The molecular formula is C27H24ClFN2O2. The zero-order chi connectivity index (χ0) is 23.7. The van der Waals surface area contributed by atoms with E-state index in [4.69, 9.17) is 11.6 Å². The molecule has 0 fully saturated rings. The van der Waals surface area contributed by atoms with Crippen molar-refractivity contribution in [2.24, 2.45) is 0 Å². The molecule has 0 spiro atoms. The maximum Gasteiger partial charge on any atom is 0.258 e. The smallest absolute Gasteiger partial charge is 0.258 e. The van der Waals surface area contributed by atoms with Gasteiger partial charge in [-0.2, -0.15) is 0 Å². The standard InChI is InChI=1S/C27H24ClFN2O2/c1-4-19-16-20(9-14-24(19)29)27(33)30-17(2)15-26(23-7-5-6-8-25(23)30)31(18(3)32)22-12-10-21(28)11-13-22/h4-14,16-17,26H,1,15H2,2-3H3/t17-,26+/m0/s1. The molecule has 33 heavy (non-hydrogen) atoms. The third kappa shape index (κ3) is 4.29. The van der Waals surface area contributed by atoms with Crippen LogP contribution in [0.1, 0.15) is 47.8 Å². The van der Waals surface area contributed by atoms with E-state index in [1.54, 1.807) is 21.9 Å². The van der Waals surface area contributed by atoms with Crippen LogP contribution in [0.15, 0.2) is 73.3 Å². The molecule has 0 unspecified atom stereocenters. The summed E-state index contributed by atoms with van der Waals surface area (Å²) in [6.07, 6.45) is 1.94.